The Labute approximate surface area is 205 Å². The molecule has 0 aromatic carbocycles. The minimum atomic E-state index is -0.249. The van der Waals surface area contributed by atoms with Crippen LogP contribution < -0.4 is 0 Å². The Bertz CT molecular complexity index is 468. The second kappa shape index (κ2) is 21.6. The molecule has 1 aliphatic heterocycles. The quantitative estimate of drug-likeness (QED) is 0.0965. The average Bonchev–Trinajstić information content (AvgIpc) is 2.83. The molecule has 0 aromatic rings. The molecule has 0 N–H and O–H groups in total. The normalized spacial score (nSPS) is 19.7. The van der Waals surface area contributed by atoms with Crippen LogP contribution in [-0.2, 0) is 19.0 Å². The van der Waals surface area contributed by atoms with Gasteiger partial charge >= 0.3 is 5.97 Å². The van der Waals surface area contributed by atoms with E-state index in [0.29, 0.717) is 25.6 Å². The summed E-state index contributed by atoms with van der Waals surface area (Å²) in [5.41, 5.74) is 0. The van der Waals surface area contributed by atoms with Crippen LogP contribution in [0.1, 0.15) is 136 Å². The van der Waals surface area contributed by atoms with Crippen LogP contribution >= 0.6 is 0 Å². The zero-order valence-corrected chi connectivity index (χ0v) is 22.2. The van der Waals surface area contributed by atoms with E-state index in [0.717, 1.165) is 25.7 Å². The van der Waals surface area contributed by atoms with Gasteiger partial charge in [0.25, 0.3) is 0 Å². The maximum atomic E-state index is 12.1. The molecule has 4 heteroatoms. The highest BCUT2D eigenvalue weighted by Gasteiger charge is 2.29. The van der Waals surface area contributed by atoms with E-state index in [4.69, 9.17) is 14.2 Å². The van der Waals surface area contributed by atoms with Gasteiger partial charge in [-0.05, 0) is 44.9 Å². The lowest BCUT2D eigenvalue weighted by Gasteiger charge is -2.33. The lowest BCUT2D eigenvalue weighted by molar-refractivity contribution is -0.245. The summed E-state index contributed by atoms with van der Waals surface area (Å²) in [6.07, 6.45) is 25.8. The molecule has 0 amide bonds. The Hall–Kier alpha value is -0.870. The maximum Gasteiger partial charge on any atom is 0.306 e. The zero-order valence-electron chi connectivity index (χ0n) is 22.2. The van der Waals surface area contributed by atoms with Gasteiger partial charge in [0, 0.05) is 12.3 Å². The first-order valence-corrected chi connectivity index (χ1v) is 14.3. The van der Waals surface area contributed by atoms with E-state index in [2.05, 4.69) is 32.9 Å². The van der Waals surface area contributed by atoms with E-state index in [-0.39, 0.29) is 18.4 Å². The van der Waals surface area contributed by atoms with Crippen molar-refractivity contribution < 1.29 is 19.0 Å². The number of rotatable bonds is 21. The Kier molecular flexibility index (Phi) is 19.8. The van der Waals surface area contributed by atoms with Crippen molar-refractivity contribution in [3.63, 3.8) is 0 Å². The van der Waals surface area contributed by atoms with Crippen molar-refractivity contribution in [3.05, 3.63) is 12.2 Å². The second-order valence-corrected chi connectivity index (χ2v) is 9.79. The van der Waals surface area contributed by atoms with Crippen molar-refractivity contribution in [2.45, 2.75) is 149 Å². The van der Waals surface area contributed by atoms with Crippen LogP contribution in [0.25, 0.3) is 0 Å². The summed E-state index contributed by atoms with van der Waals surface area (Å²) < 4.78 is 17.3. The molecule has 0 aliphatic carbocycles. The van der Waals surface area contributed by atoms with Crippen LogP contribution in [0, 0.1) is 5.92 Å². The molecule has 1 rings (SSSR count). The van der Waals surface area contributed by atoms with E-state index < -0.39 is 0 Å². The summed E-state index contributed by atoms with van der Waals surface area (Å²) in [6.45, 7) is 7.59. The molecule has 0 radical (unpaired) electrons. The van der Waals surface area contributed by atoms with Crippen LogP contribution in [0.5, 0.6) is 0 Å². The molecule has 4 nitrogen and oxygen atoms in total. The molecule has 0 aromatic heterocycles. The lowest BCUT2D eigenvalue weighted by Crippen LogP contribution is -2.41. The van der Waals surface area contributed by atoms with Gasteiger partial charge in [0.2, 0.25) is 0 Å². The summed E-state index contributed by atoms with van der Waals surface area (Å²) in [4.78, 5) is 12.1. The van der Waals surface area contributed by atoms with Gasteiger partial charge in [0.05, 0.1) is 13.2 Å². The third-order valence-electron chi connectivity index (χ3n) is 6.67. The largest absolute Gasteiger partial charge is 0.457 e. The predicted molar refractivity (Wildman–Crippen MR) is 138 cm³/mol. The summed E-state index contributed by atoms with van der Waals surface area (Å²) in [5, 5.41) is 0. The highest BCUT2D eigenvalue weighted by molar-refractivity contribution is 5.69. The third-order valence-corrected chi connectivity index (χ3v) is 6.67. The molecular formula is C29H54O4. The zero-order chi connectivity index (χ0) is 24.0. The standard InChI is InChI=1S/C29H54O4/c1-4-7-9-10-11-12-13-14-15-16-17-18-19-20-21-23-28(30)33-27-24-31-29(32-25-27)26(6-3)22-8-5-2/h14-15,26-27,29H,4-13,16-25H2,1-3H3. The van der Waals surface area contributed by atoms with Crippen molar-refractivity contribution in [2.24, 2.45) is 5.92 Å². The fourth-order valence-corrected chi connectivity index (χ4v) is 4.42. The van der Waals surface area contributed by atoms with Crippen LogP contribution in [0.4, 0.5) is 0 Å². The molecule has 0 spiro atoms. The Morgan fingerprint density at radius 1 is 0.788 bits per heavy atom. The molecule has 1 saturated heterocycles. The molecule has 0 bridgehead atoms. The van der Waals surface area contributed by atoms with Crippen molar-refractivity contribution in [1.29, 1.82) is 0 Å². The fourth-order valence-electron chi connectivity index (χ4n) is 4.42. The molecule has 33 heavy (non-hydrogen) atoms. The molecule has 1 fully saturated rings. The van der Waals surface area contributed by atoms with Crippen LogP contribution in [-0.4, -0.2) is 31.6 Å². The Morgan fingerprint density at radius 3 is 1.91 bits per heavy atom. The van der Waals surface area contributed by atoms with Crippen molar-refractivity contribution in [2.75, 3.05) is 13.2 Å². The van der Waals surface area contributed by atoms with Gasteiger partial charge in [-0.2, -0.15) is 0 Å². The van der Waals surface area contributed by atoms with Crippen LogP contribution in [0.3, 0.4) is 0 Å². The van der Waals surface area contributed by atoms with Gasteiger partial charge in [-0.15, -0.1) is 0 Å². The summed E-state index contributed by atoms with van der Waals surface area (Å²) in [6, 6.07) is 0. The highest BCUT2D eigenvalue weighted by Crippen LogP contribution is 2.24. The van der Waals surface area contributed by atoms with Crippen LogP contribution in [0.2, 0.25) is 0 Å². The van der Waals surface area contributed by atoms with E-state index >= 15 is 0 Å². The van der Waals surface area contributed by atoms with E-state index in [1.165, 1.54) is 83.5 Å². The van der Waals surface area contributed by atoms with Crippen molar-refractivity contribution in [1.82, 2.24) is 0 Å². The van der Waals surface area contributed by atoms with Gasteiger partial charge < -0.3 is 14.2 Å². The SMILES string of the molecule is CCCCCCCCC=CCCCCCCCC(=O)OC1COC(C(CC)CCCC)OC1. The average molecular weight is 467 g/mol. The third kappa shape index (κ3) is 16.4. The molecule has 1 aliphatic rings. The summed E-state index contributed by atoms with van der Waals surface area (Å²) >= 11 is 0. The Balaban J connectivity index is 1.93. The number of allylic oxidation sites excluding steroid dienone is 2. The number of carbonyl (C=O) groups excluding carboxylic acids is 1. The topological polar surface area (TPSA) is 44.8 Å². The monoisotopic (exact) mass is 466 g/mol. The highest BCUT2D eigenvalue weighted by atomic mass is 16.7. The number of unbranched alkanes of at least 4 members (excludes halogenated alkanes) is 12. The first kappa shape index (κ1) is 30.2. The molecular weight excluding hydrogens is 412 g/mol. The molecule has 1 atom stereocenters. The Morgan fingerprint density at radius 2 is 1.33 bits per heavy atom. The van der Waals surface area contributed by atoms with Gasteiger partial charge in [-0.25, -0.2) is 0 Å². The molecule has 1 unspecified atom stereocenters. The fraction of sp³-hybridized carbons (Fsp3) is 0.897. The van der Waals surface area contributed by atoms with Gasteiger partial charge in [0.15, 0.2) is 6.29 Å². The van der Waals surface area contributed by atoms with Crippen molar-refractivity contribution in [3.8, 4) is 0 Å². The van der Waals surface area contributed by atoms with E-state index in [1.54, 1.807) is 0 Å². The predicted octanol–water partition coefficient (Wildman–Crippen LogP) is 8.53. The van der Waals surface area contributed by atoms with Gasteiger partial charge in [0.1, 0.15) is 6.10 Å². The molecule has 1 heterocycles. The lowest BCUT2D eigenvalue weighted by atomic mass is 9.98. The number of esters is 1. The number of carbonyl (C=O) groups is 1. The first-order valence-electron chi connectivity index (χ1n) is 14.3. The van der Waals surface area contributed by atoms with Gasteiger partial charge in [-0.1, -0.05) is 97.1 Å². The number of ether oxygens (including phenoxy) is 3. The van der Waals surface area contributed by atoms with E-state index in [1.807, 2.05) is 0 Å². The van der Waals surface area contributed by atoms with Crippen LogP contribution in [0.15, 0.2) is 12.2 Å². The second-order valence-electron chi connectivity index (χ2n) is 9.79. The maximum absolute atomic E-state index is 12.1. The first-order chi connectivity index (χ1) is 16.2. The summed E-state index contributed by atoms with van der Waals surface area (Å²) in [7, 11) is 0. The number of hydrogen-bond donors (Lipinski definition) is 0. The van der Waals surface area contributed by atoms with Crippen molar-refractivity contribution >= 4 is 5.97 Å². The van der Waals surface area contributed by atoms with Gasteiger partial charge in [-0.3, -0.25) is 4.79 Å². The van der Waals surface area contributed by atoms with E-state index in [9.17, 15) is 4.79 Å². The minimum Gasteiger partial charge on any atom is -0.457 e. The smallest absolute Gasteiger partial charge is 0.306 e. The molecule has 0 saturated carbocycles. The molecule has 194 valence electrons. The number of hydrogen-bond acceptors (Lipinski definition) is 4. The minimum absolute atomic E-state index is 0.110. The summed E-state index contributed by atoms with van der Waals surface area (Å²) in [5.74, 6) is 0.332.